The number of fused-ring (bicyclic) bond motifs is 4. The molecule has 0 saturated heterocycles. The van der Waals surface area contributed by atoms with E-state index in [-0.39, 0.29) is 5.91 Å². The number of carbonyl (C=O) groups excluding carboxylic acids is 1. The number of aromatic nitrogens is 1. The molecule has 0 fully saturated rings. The van der Waals surface area contributed by atoms with Gasteiger partial charge in [-0.25, -0.2) is 4.98 Å². The molecule has 2 aromatic carbocycles. The average Bonchev–Trinajstić information content (AvgIpc) is 3.24. The number of benzene rings is 2. The zero-order chi connectivity index (χ0) is 18.2. The number of aryl methyl sites for hydroxylation is 1. The lowest BCUT2D eigenvalue weighted by Crippen LogP contribution is -2.25. The summed E-state index contributed by atoms with van der Waals surface area (Å²) in [6.45, 7) is 0.369. The Labute approximate surface area is 156 Å². The summed E-state index contributed by atoms with van der Waals surface area (Å²) in [5.74, 6) is 0.654. The van der Waals surface area contributed by atoms with Crippen LogP contribution in [0.25, 0.3) is 22.2 Å². The minimum Gasteiger partial charge on any atom is -0.467 e. The molecule has 0 bridgehead atoms. The molecule has 1 amide bonds. The number of hydrogen-bond donors (Lipinski definition) is 1. The number of rotatable bonds is 3. The number of carbonyl (C=O) groups is 1. The highest BCUT2D eigenvalue weighted by Crippen LogP contribution is 2.36. The molecule has 0 saturated carbocycles. The number of furan rings is 1. The van der Waals surface area contributed by atoms with Crippen molar-refractivity contribution in [2.75, 3.05) is 0 Å². The third-order valence-corrected chi connectivity index (χ3v) is 5.14. The van der Waals surface area contributed by atoms with E-state index in [0.717, 1.165) is 51.9 Å². The Bertz CT molecular complexity index is 1150. The molecule has 4 nitrogen and oxygen atoms in total. The maximum atomic E-state index is 13.2. The number of nitrogens with zero attached hydrogens (tertiary/aromatic N) is 1. The van der Waals surface area contributed by atoms with E-state index in [1.54, 1.807) is 6.26 Å². The van der Waals surface area contributed by atoms with E-state index in [1.807, 2.05) is 42.5 Å². The van der Waals surface area contributed by atoms with Gasteiger partial charge in [-0.2, -0.15) is 0 Å². The highest BCUT2D eigenvalue weighted by molar-refractivity contribution is 6.09. The fourth-order valence-electron chi connectivity index (χ4n) is 3.87. The molecule has 1 aliphatic carbocycles. The SMILES string of the molecule is O=C(NCc1ccco1)c1c2c(nc3ccccc13)-c1ccccc1CC2. The number of hydrogen-bond acceptors (Lipinski definition) is 3. The quantitative estimate of drug-likeness (QED) is 0.588. The third kappa shape index (κ3) is 2.70. The first-order valence-corrected chi connectivity index (χ1v) is 9.12. The highest BCUT2D eigenvalue weighted by Gasteiger charge is 2.25. The number of nitrogens with one attached hydrogen (secondary N) is 1. The van der Waals surface area contributed by atoms with E-state index in [0.29, 0.717) is 6.54 Å². The monoisotopic (exact) mass is 354 g/mol. The van der Waals surface area contributed by atoms with Crippen molar-refractivity contribution in [3.8, 4) is 11.3 Å². The molecule has 0 atom stereocenters. The van der Waals surface area contributed by atoms with Gasteiger partial charge in [0.2, 0.25) is 0 Å². The maximum absolute atomic E-state index is 13.2. The second kappa shape index (κ2) is 6.40. The summed E-state index contributed by atoms with van der Waals surface area (Å²) < 4.78 is 5.34. The van der Waals surface area contributed by atoms with Crippen molar-refractivity contribution >= 4 is 16.8 Å². The number of amides is 1. The zero-order valence-electron chi connectivity index (χ0n) is 14.7. The molecule has 0 aliphatic heterocycles. The molecule has 0 spiro atoms. The number of para-hydroxylation sites is 1. The lowest BCUT2D eigenvalue weighted by molar-refractivity contribution is 0.0948. The largest absolute Gasteiger partial charge is 0.467 e. The van der Waals surface area contributed by atoms with Gasteiger partial charge in [0.05, 0.1) is 29.6 Å². The fraction of sp³-hybridized carbons (Fsp3) is 0.130. The Kier molecular flexibility index (Phi) is 3.75. The predicted molar refractivity (Wildman–Crippen MR) is 104 cm³/mol. The molecule has 4 aromatic rings. The van der Waals surface area contributed by atoms with Crippen LogP contribution in [0.15, 0.2) is 71.3 Å². The van der Waals surface area contributed by atoms with Crippen LogP contribution in [0.3, 0.4) is 0 Å². The van der Waals surface area contributed by atoms with Crippen molar-refractivity contribution in [1.29, 1.82) is 0 Å². The van der Waals surface area contributed by atoms with E-state index >= 15 is 0 Å². The summed E-state index contributed by atoms with van der Waals surface area (Å²) in [5.41, 5.74) is 5.95. The van der Waals surface area contributed by atoms with Crippen LogP contribution < -0.4 is 5.32 Å². The summed E-state index contributed by atoms with van der Waals surface area (Å²) in [6.07, 6.45) is 3.34. The van der Waals surface area contributed by atoms with Gasteiger partial charge in [0.1, 0.15) is 5.76 Å². The van der Waals surface area contributed by atoms with Crippen LogP contribution in [0.1, 0.15) is 27.2 Å². The van der Waals surface area contributed by atoms with Gasteiger partial charge < -0.3 is 9.73 Å². The van der Waals surface area contributed by atoms with Gasteiger partial charge in [0, 0.05) is 10.9 Å². The first kappa shape index (κ1) is 15.8. The summed E-state index contributed by atoms with van der Waals surface area (Å²) in [6, 6.07) is 19.9. The van der Waals surface area contributed by atoms with Crippen molar-refractivity contribution in [1.82, 2.24) is 10.3 Å². The Balaban J connectivity index is 1.66. The van der Waals surface area contributed by atoms with Gasteiger partial charge >= 0.3 is 0 Å². The molecular weight excluding hydrogens is 336 g/mol. The Morgan fingerprint density at radius 1 is 1.00 bits per heavy atom. The first-order valence-electron chi connectivity index (χ1n) is 9.12. The van der Waals surface area contributed by atoms with Crippen molar-refractivity contribution in [3.63, 3.8) is 0 Å². The summed E-state index contributed by atoms with van der Waals surface area (Å²) in [5, 5.41) is 3.90. The lowest BCUT2D eigenvalue weighted by Gasteiger charge is -2.22. The average molecular weight is 354 g/mol. The molecule has 27 heavy (non-hydrogen) atoms. The fourth-order valence-corrected chi connectivity index (χ4v) is 3.87. The van der Waals surface area contributed by atoms with Crippen LogP contribution in [-0.2, 0) is 19.4 Å². The topological polar surface area (TPSA) is 55.1 Å². The zero-order valence-corrected chi connectivity index (χ0v) is 14.7. The Hall–Kier alpha value is -3.40. The smallest absolute Gasteiger partial charge is 0.252 e. The van der Waals surface area contributed by atoms with Gasteiger partial charge in [0.15, 0.2) is 0 Å². The van der Waals surface area contributed by atoms with Crippen LogP contribution in [0, 0.1) is 0 Å². The second-order valence-corrected chi connectivity index (χ2v) is 6.75. The van der Waals surface area contributed by atoms with Gasteiger partial charge in [-0.1, -0.05) is 42.5 Å². The van der Waals surface area contributed by atoms with Gasteiger partial charge in [-0.3, -0.25) is 4.79 Å². The van der Waals surface area contributed by atoms with E-state index in [9.17, 15) is 4.79 Å². The number of pyridine rings is 1. The van der Waals surface area contributed by atoms with Crippen molar-refractivity contribution < 1.29 is 9.21 Å². The van der Waals surface area contributed by atoms with Crippen molar-refractivity contribution in [3.05, 3.63) is 89.4 Å². The van der Waals surface area contributed by atoms with Gasteiger partial charge in [0.25, 0.3) is 5.91 Å². The van der Waals surface area contributed by atoms with Crippen molar-refractivity contribution in [2.24, 2.45) is 0 Å². The predicted octanol–water partition coefficient (Wildman–Crippen LogP) is 4.52. The van der Waals surface area contributed by atoms with Crippen LogP contribution in [-0.4, -0.2) is 10.9 Å². The van der Waals surface area contributed by atoms with Crippen LogP contribution in [0.2, 0.25) is 0 Å². The summed E-state index contributed by atoms with van der Waals surface area (Å²) in [4.78, 5) is 18.1. The molecular formula is C23H18N2O2. The molecule has 1 aliphatic rings. The molecule has 2 aromatic heterocycles. The standard InChI is InChI=1S/C23H18N2O2/c26-23(24-14-16-7-5-13-27-16)21-18-9-3-4-10-20(18)25-22-17-8-2-1-6-15(17)11-12-19(21)22/h1-10,13H,11-12,14H2,(H,24,26). The molecule has 1 N–H and O–H groups in total. The summed E-state index contributed by atoms with van der Waals surface area (Å²) in [7, 11) is 0. The molecule has 0 radical (unpaired) electrons. The summed E-state index contributed by atoms with van der Waals surface area (Å²) >= 11 is 0. The molecule has 2 heterocycles. The van der Waals surface area contributed by atoms with Gasteiger partial charge in [-0.05, 0) is 42.2 Å². The van der Waals surface area contributed by atoms with Crippen LogP contribution in [0.4, 0.5) is 0 Å². The van der Waals surface area contributed by atoms with Crippen molar-refractivity contribution in [2.45, 2.75) is 19.4 Å². The molecule has 4 heteroatoms. The van der Waals surface area contributed by atoms with E-state index < -0.39 is 0 Å². The maximum Gasteiger partial charge on any atom is 0.252 e. The van der Waals surface area contributed by atoms with Crippen LogP contribution in [0.5, 0.6) is 0 Å². The first-order chi connectivity index (χ1) is 13.3. The highest BCUT2D eigenvalue weighted by atomic mass is 16.3. The third-order valence-electron chi connectivity index (χ3n) is 5.14. The van der Waals surface area contributed by atoms with Gasteiger partial charge in [-0.15, -0.1) is 0 Å². The van der Waals surface area contributed by atoms with E-state index in [1.165, 1.54) is 5.56 Å². The van der Waals surface area contributed by atoms with E-state index in [2.05, 4.69) is 23.5 Å². The Morgan fingerprint density at radius 2 is 1.85 bits per heavy atom. The van der Waals surface area contributed by atoms with Crippen LogP contribution >= 0.6 is 0 Å². The Morgan fingerprint density at radius 3 is 2.74 bits per heavy atom. The minimum absolute atomic E-state index is 0.0827. The van der Waals surface area contributed by atoms with E-state index in [4.69, 9.17) is 9.40 Å². The normalized spacial score (nSPS) is 12.4. The molecule has 5 rings (SSSR count). The lowest BCUT2D eigenvalue weighted by atomic mass is 9.85. The second-order valence-electron chi connectivity index (χ2n) is 6.75. The molecule has 0 unspecified atom stereocenters. The molecule has 132 valence electrons. The minimum atomic E-state index is -0.0827.